The highest BCUT2D eigenvalue weighted by Gasteiger charge is 2.37. The van der Waals surface area contributed by atoms with Crippen molar-refractivity contribution in [3.05, 3.63) is 86.9 Å². The van der Waals surface area contributed by atoms with Gasteiger partial charge in [-0.25, -0.2) is 13.9 Å². The molecule has 0 saturated carbocycles. The van der Waals surface area contributed by atoms with Gasteiger partial charge in [0.25, 0.3) is 5.91 Å². The lowest BCUT2D eigenvalue weighted by Crippen LogP contribution is -2.50. The van der Waals surface area contributed by atoms with Gasteiger partial charge in [-0.1, -0.05) is 41.4 Å². The van der Waals surface area contributed by atoms with E-state index in [0.29, 0.717) is 64.6 Å². The molecule has 3 heterocycles. The fourth-order valence-corrected chi connectivity index (χ4v) is 4.98. The van der Waals surface area contributed by atoms with Gasteiger partial charge >= 0.3 is 5.97 Å². The normalized spacial score (nSPS) is 17.6. The molecule has 0 radical (unpaired) electrons. The number of anilines is 2. The lowest BCUT2D eigenvalue weighted by molar-refractivity contribution is -0.128. The van der Waals surface area contributed by atoms with E-state index < -0.39 is 12.0 Å². The second-order valence-electron chi connectivity index (χ2n) is 8.63. The smallest absolute Gasteiger partial charge is 0.356 e. The van der Waals surface area contributed by atoms with Crippen molar-refractivity contribution < 1.29 is 19.1 Å². The maximum atomic E-state index is 14.3. The van der Waals surface area contributed by atoms with Crippen molar-refractivity contribution in [2.24, 2.45) is 0 Å². The van der Waals surface area contributed by atoms with Crippen molar-refractivity contribution in [2.75, 3.05) is 36.4 Å². The summed E-state index contributed by atoms with van der Waals surface area (Å²) in [6, 6.07) is 12.3. The molecule has 0 spiro atoms. The Morgan fingerprint density at radius 2 is 1.78 bits per heavy atom. The molecule has 1 atom stereocenters. The van der Waals surface area contributed by atoms with E-state index in [2.05, 4.69) is 10.4 Å². The second-order valence-corrected chi connectivity index (χ2v) is 9.45. The number of aromatic nitrogens is 2. The lowest BCUT2D eigenvalue weighted by atomic mass is 9.94. The van der Waals surface area contributed by atoms with Gasteiger partial charge in [-0.05, 0) is 36.8 Å². The molecule has 8 nitrogen and oxygen atoms in total. The summed E-state index contributed by atoms with van der Waals surface area (Å²) >= 11 is 12.4. The van der Waals surface area contributed by atoms with E-state index in [-0.39, 0.29) is 17.4 Å². The van der Waals surface area contributed by atoms with Gasteiger partial charge in [0.15, 0.2) is 5.69 Å². The average molecular weight is 530 g/mol. The number of fused-ring (bicyclic) bond motifs is 1. The van der Waals surface area contributed by atoms with E-state index in [9.17, 15) is 19.1 Å². The van der Waals surface area contributed by atoms with Crippen LogP contribution in [0.1, 0.15) is 29.0 Å². The fraction of sp³-hybridized carbons (Fsp3) is 0.240. The summed E-state index contributed by atoms with van der Waals surface area (Å²) < 4.78 is 15.7. The summed E-state index contributed by atoms with van der Waals surface area (Å²) in [7, 11) is 0. The Morgan fingerprint density at radius 3 is 2.44 bits per heavy atom. The molecule has 5 rings (SSSR count). The van der Waals surface area contributed by atoms with E-state index in [1.807, 2.05) is 4.90 Å². The van der Waals surface area contributed by atoms with Crippen molar-refractivity contribution in [1.82, 2.24) is 14.7 Å². The highest BCUT2D eigenvalue weighted by atomic mass is 35.5. The summed E-state index contributed by atoms with van der Waals surface area (Å²) in [6.45, 7) is 3.50. The van der Waals surface area contributed by atoms with Crippen LogP contribution >= 0.6 is 23.2 Å². The van der Waals surface area contributed by atoms with Crippen molar-refractivity contribution in [3.63, 3.8) is 0 Å². The fourth-order valence-electron chi connectivity index (χ4n) is 4.67. The first kappa shape index (κ1) is 24.1. The molecule has 2 aliphatic rings. The van der Waals surface area contributed by atoms with Crippen LogP contribution in [-0.2, 0) is 4.79 Å². The minimum Gasteiger partial charge on any atom is -0.476 e. The van der Waals surface area contributed by atoms with Crippen LogP contribution in [-0.4, -0.2) is 57.8 Å². The van der Waals surface area contributed by atoms with Gasteiger partial charge in [-0.2, -0.15) is 5.10 Å². The maximum Gasteiger partial charge on any atom is 0.356 e. The highest BCUT2D eigenvalue weighted by Crippen LogP contribution is 2.39. The summed E-state index contributed by atoms with van der Waals surface area (Å²) in [4.78, 5) is 29.1. The number of carboxylic acids is 1. The van der Waals surface area contributed by atoms with E-state index in [0.717, 1.165) is 0 Å². The molecular weight excluding hydrogens is 508 g/mol. The monoisotopic (exact) mass is 529 g/mol. The SMILES string of the molecule is CC1=C(C(=O)N2CCN(c3ccccc3F)CC2)C(c2ccc(Cl)c(Cl)c2)n2nc(C(=O)O)cc2N1. The Balaban J connectivity index is 1.48. The van der Waals surface area contributed by atoms with Crippen molar-refractivity contribution in [1.29, 1.82) is 0 Å². The van der Waals surface area contributed by atoms with E-state index in [1.165, 1.54) is 16.8 Å². The average Bonchev–Trinajstić information content (AvgIpc) is 3.29. The van der Waals surface area contributed by atoms with E-state index >= 15 is 0 Å². The van der Waals surface area contributed by atoms with Crippen LogP contribution in [0.25, 0.3) is 0 Å². The maximum absolute atomic E-state index is 14.3. The number of carboxylic acid groups (broad SMARTS) is 1. The number of carbonyl (C=O) groups is 2. The zero-order valence-corrected chi connectivity index (χ0v) is 20.7. The lowest BCUT2D eigenvalue weighted by Gasteiger charge is -2.38. The second kappa shape index (κ2) is 9.48. The van der Waals surface area contributed by atoms with E-state index in [1.54, 1.807) is 48.2 Å². The van der Waals surface area contributed by atoms with Crippen LogP contribution in [0, 0.1) is 5.82 Å². The quantitative estimate of drug-likeness (QED) is 0.510. The Bertz CT molecular complexity index is 1400. The Morgan fingerprint density at radius 1 is 1.06 bits per heavy atom. The highest BCUT2D eigenvalue weighted by molar-refractivity contribution is 6.42. The third-order valence-corrected chi connectivity index (χ3v) is 7.18. The number of nitrogens with zero attached hydrogens (tertiary/aromatic N) is 4. The van der Waals surface area contributed by atoms with Gasteiger partial charge < -0.3 is 20.2 Å². The van der Waals surface area contributed by atoms with Crippen LogP contribution in [0.4, 0.5) is 15.9 Å². The summed E-state index contributed by atoms with van der Waals surface area (Å²) in [6.07, 6.45) is 0. The molecule has 1 aromatic heterocycles. The molecule has 1 saturated heterocycles. The minimum absolute atomic E-state index is 0.150. The van der Waals surface area contributed by atoms with Gasteiger partial charge in [-0.15, -0.1) is 0 Å². The topological polar surface area (TPSA) is 90.7 Å². The number of hydrogen-bond donors (Lipinski definition) is 2. The standard InChI is InChI=1S/C25H22Cl2FN5O3/c1-14-22(24(34)32-10-8-31(9-11-32)20-5-3-2-4-18(20)28)23(15-6-7-16(26)17(27)12-15)33-21(29-14)13-19(30-33)25(35)36/h2-7,12-13,23,29H,8-11H2,1H3,(H,35,36). The number of benzene rings is 2. The first-order chi connectivity index (χ1) is 17.2. The van der Waals surface area contributed by atoms with Gasteiger partial charge in [0.1, 0.15) is 17.7 Å². The third kappa shape index (κ3) is 4.29. The van der Waals surface area contributed by atoms with Crippen LogP contribution in [0.15, 0.2) is 59.8 Å². The number of halogens is 3. The number of allylic oxidation sites excluding steroid dienone is 1. The third-order valence-electron chi connectivity index (χ3n) is 6.44. The molecule has 11 heteroatoms. The predicted molar refractivity (Wildman–Crippen MR) is 135 cm³/mol. The van der Waals surface area contributed by atoms with Gasteiger partial charge in [0.05, 0.1) is 21.3 Å². The molecule has 0 aliphatic carbocycles. The van der Waals surface area contributed by atoms with Gasteiger partial charge in [-0.3, -0.25) is 4.79 Å². The van der Waals surface area contributed by atoms with Crippen LogP contribution in [0.2, 0.25) is 10.0 Å². The summed E-state index contributed by atoms with van der Waals surface area (Å²) in [5.41, 5.74) is 2.00. The molecule has 0 bridgehead atoms. The zero-order chi connectivity index (χ0) is 25.6. The number of nitrogens with one attached hydrogen (secondary N) is 1. The first-order valence-electron chi connectivity index (χ1n) is 11.3. The summed E-state index contributed by atoms with van der Waals surface area (Å²) in [5, 5.41) is 17.5. The molecule has 36 heavy (non-hydrogen) atoms. The molecule has 1 amide bonds. The summed E-state index contributed by atoms with van der Waals surface area (Å²) in [5.74, 6) is -1.25. The number of amides is 1. The number of piperazine rings is 1. The molecule has 2 aliphatic heterocycles. The Labute approximate surface area is 216 Å². The number of aromatic carboxylic acids is 1. The van der Waals surface area contributed by atoms with Crippen molar-refractivity contribution in [3.8, 4) is 0 Å². The number of hydrogen-bond acceptors (Lipinski definition) is 5. The molecular formula is C25H22Cl2FN5O3. The van der Waals surface area contributed by atoms with Crippen LogP contribution in [0.3, 0.4) is 0 Å². The largest absolute Gasteiger partial charge is 0.476 e. The van der Waals surface area contributed by atoms with Crippen molar-refractivity contribution in [2.45, 2.75) is 13.0 Å². The first-order valence-corrected chi connectivity index (χ1v) is 12.0. The van der Waals surface area contributed by atoms with E-state index in [4.69, 9.17) is 23.2 Å². The predicted octanol–water partition coefficient (Wildman–Crippen LogP) is 4.66. The molecule has 2 N–H and O–H groups in total. The number of para-hydroxylation sites is 1. The molecule has 186 valence electrons. The van der Waals surface area contributed by atoms with Crippen molar-refractivity contribution >= 4 is 46.6 Å². The minimum atomic E-state index is -1.18. The number of carbonyl (C=O) groups excluding carboxylic acids is 1. The zero-order valence-electron chi connectivity index (χ0n) is 19.2. The molecule has 1 unspecified atom stereocenters. The van der Waals surface area contributed by atoms with Gasteiger partial charge in [0, 0.05) is 37.9 Å². The Kier molecular flexibility index (Phi) is 6.36. The molecule has 1 fully saturated rings. The van der Waals surface area contributed by atoms with Crippen LogP contribution < -0.4 is 10.2 Å². The molecule has 2 aromatic carbocycles. The number of rotatable bonds is 4. The molecule has 3 aromatic rings. The Hall–Kier alpha value is -3.56. The van der Waals surface area contributed by atoms with Gasteiger partial charge in [0.2, 0.25) is 0 Å². The van der Waals surface area contributed by atoms with Crippen LogP contribution in [0.5, 0.6) is 0 Å².